The maximum Gasteiger partial charge on any atom is 0.131 e. The van der Waals surface area contributed by atoms with Gasteiger partial charge in [0.05, 0.1) is 6.61 Å². The molecule has 1 aliphatic heterocycles. The first kappa shape index (κ1) is 13.5. The van der Waals surface area contributed by atoms with E-state index in [4.69, 9.17) is 4.74 Å². The molecule has 1 saturated heterocycles. The quantitative estimate of drug-likeness (QED) is 0.917. The van der Waals surface area contributed by atoms with Crippen molar-refractivity contribution in [3.8, 4) is 0 Å². The van der Waals surface area contributed by atoms with Crippen molar-refractivity contribution in [1.29, 1.82) is 0 Å². The molecule has 2 nitrogen and oxygen atoms in total. The number of benzene rings is 2. The van der Waals surface area contributed by atoms with Crippen molar-refractivity contribution in [2.75, 3.05) is 19.8 Å². The van der Waals surface area contributed by atoms with Gasteiger partial charge in [0, 0.05) is 24.0 Å². The van der Waals surface area contributed by atoms with Crippen LogP contribution in [0.1, 0.15) is 24.9 Å². The molecule has 2 atom stereocenters. The van der Waals surface area contributed by atoms with E-state index in [9.17, 15) is 4.39 Å². The van der Waals surface area contributed by atoms with Gasteiger partial charge in [-0.1, -0.05) is 37.3 Å². The molecule has 2 unspecified atom stereocenters. The molecule has 3 heteroatoms. The Morgan fingerprint density at radius 1 is 1.25 bits per heavy atom. The van der Waals surface area contributed by atoms with Crippen LogP contribution in [0, 0.1) is 11.7 Å². The first-order chi connectivity index (χ1) is 9.81. The second-order valence-electron chi connectivity index (χ2n) is 5.34. The second-order valence-corrected chi connectivity index (χ2v) is 5.34. The normalized spacial score (nSPS) is 20.4. The van der Waals surface area contributed by atoms with Crippen molar-refractivity contribution in [2.45, 2.75) is 19.4 Å². The van der Waals surface area contributed by atoms with Crippen LogP contribution in [0.4, 0.5) is 4.39 Å². The largest absolute Gasteiger partial charge is 0.381 e. The molecule has 0 amide bonds. The van der Waals surface area contributed by atoms with Crippen LogP contribution in [-0.2, 0) is 4.74 Å². The van der Waals surface area contributed by atoms with E-state index in [0.717, 1.165) is 31.6 Å². The zero-order valence-corrected chi connectivity index (χ0v) is 11.7. The Morgan fingerprint density at radius 3 is 2.75 bits per heavy atom. The minimum atomic E-state index is -0.151. The van der Waals surface area contributed by atoms with E-state index in [1.54, 1.807) is 6.07 Å². The van der Waals surface area contributed by atoms with Gasteiger partial charge >= 0.3 is 0 Å². The molecule has 1 fully saturated rings. The molecule has 106 valence electrons. The summed E-state index contributed by atoms with van der Waals surface area (Å²) < 4.78 is 19.5. The third-order valence-electron chi connectivity index (χ3n) is 4.10. The Balaban J connectivity index is 2.08. The first-order valence-corrected chi connectivity index (χ1v) is 7.29. The molecular weight excluding hydrogens is 253 g/mol. The van der Waals surface area contributed by atoms with E-state index in [-0.39, 0.29) is 11.9 Å². The smallest absolute Gasteiger partial charge is 0.131 e. The van der Waals surface area contributed by atoms with E-state index >= 15 is 0 Å². The van der Waals surface area contributed by atoms with Gasteiger partial charge in [0.25, 0.3) is 0 Å². The van der Waals surface area contributed by atoms with E-state index in [0.29, 0.717) is 11.3 Å². The lowest BCUT2D eigenvalue weighted by Crippen LogP contribution is -2.28. The monoisotopic (exact) mass is 273 g/mol. The number of rotatable bonds is 4. The molecule has 2 aromatic carbocycles. The lowest BCUT2D eigenvalue weighted by molar-refractivity contribution is 0.177. The standard InChI is InChI=1S/C17H20FNO/c1-2-19-17(12-9-10-20-11-12)15-7-8-16(18)14-6-4-3-5-13(14)15/h3-8,12,17,19H,2,9-11H2,1H3. The number of halogens is 1. The Bertz CT molecular complexity index is 593. The highest BCUT2D eigenvalue weighted by molar-refractivity contribution is 5.86. The molecule has 0 radical (unpaired) electrons. The number of hydrogen-bond donors (Lipinski definition) is 1. The average molecular weight is 273 g/mol. The molecule has 0 saturated carbocycles. The van der Waals surface area contributed by atoms with Gasteiger partial charge in [-0.25, -0.2) is 4.39 Å². The van der Waals surface area contributed by atoms with E-state index in [1.165, 1.54) is 5.56 Å². The average Bonchev–Trinajstić information content (AvgIpc) is 3.00. The van der Waals surface area contributed by atoms with Gasteiger partial charge < -0.3 is 10.1 Å². The summed E-state index contributed by atoms with van der Waals surface area (Å²) in [5, 5.41) is 5.26. The van der Waals surface area contributed by atoms with Crippen molar-refractivity contribution in [3.63, 3.8) is 0 Å². The van der Waals surface area contributed by atoms with Gasteiger partial charge in [0.2, 0.25) is 0 Å². The van der Waals surface area contributed by atoms with Crippen molar-refractivity contribution in [2.24, 2.45) is 5.92 Å². The fourth-order valence-electron chi connectivity index (χ4n) is 3.12. The molecule has 0 aromatic heterocycles. The lowest BCUT2D eigenvalue weighted by atomic mass is 9.89. The van der Waals surface area contributed by atoms with Crippen LogP contribution in [0.15, 0.2) is 36.4 Å². The Kier molecular flexibility index (Phi) is 3.99. The zero-order chi connectivity index (χ0) is 13.9. The summed E-state index contributed by atoms with van der Waals surface area (Å²) in [5.74, 6) is 0.311. The maximum atomic E-state index is 13.9. The fourth-order valence-corrected chi connectivity index (χ4v) is 3.12. The SMILES string of the molecule is CCNC(c1ccc(F)c2ccccc12)C1CCOC1. The highest BCUT2D eigenvalue weighted by Crippen LogP contribution is 2.34. The van der Waals surface area contributed by atoms with Crippen molar-refractivity contribution in [3.05, 3.63) is 47.8 Å². The minimum Gasteiger partial charge on any atom is -0.381 e. The van der Waals surface area contributed by atoms with Crippen LogP contribution in [0.5, 0.6) is 0 Å². The fraction of sp³-hybridized carbons (Fsp3) is 0.412. The van der Waals surface area contributed by atoms with Gasteiger partial charge in [0.1, 0.15) is 5.82 Å². The predicted molar refractivity (Wildman–Crippen MR) is 79.2 cm³/mol. The summed E-state index contributed by atoms with van der Waals surface area (Å²) in [5.41, 5.74) is 1.18. The number of hydrogen-bond acceptors (Lipinski definition) is 2. The van der Waals surface area contributed by atoms with Gasteiger partial charge in [0.15, 0.2) is 0 Å². The van der Waals surface area contributed by atoms with Gasteiger partial charge in [-0.05, 0) is 30.0 Å². The van der Waals surface area contributed by atoms with Gasteiger partial charge in [-0.3, -0.25) is 0 Å². The van der Waals surface area contributed by atoms with E-state index < -0.39 is 0 Å². The van der Waals surface area contributed by atoms with Crippen LogP contribution in [0.25, 0.3) is 10.8 Å². The van der Waals surface area contributed by atoms with Crippen LogP contribution in [0.3, 0.4) is 0 Å². The Hall–Kier alpha value is -1.45. The maximum absolute atomic E-state index is 13.9. The molecule has 20 heavy (non-hydrogen) atoms. The van der Waals surface area contributed by atoms with Crippen LogP contribution >= 0.6 is 0 Å². The number of nitrogens with one attached hydrogen (secondary N) is 1. The van der Waals surface area contributed by atoms with Crippen molar-refractivity contribution in [1.82, 2.24) is 5.32 Å². The van der Waals surface area contributed by atoms with Crippen molar-refractivity contribution < 1.29 is 9.13 Å². The summed E-state index contributed by atoms with van der Waals surface area (Å²) >= 11 is 0. The van der Waals surface area contributed by atoms with Gasteiger partial charge in [-0.2, -0.15) is 0 Å². The molecule has 1 heterocycles. The minimum absolute atomic E-state index is 0.151. The zero-order valence-electron chi connectivity index (χ0n) is 11.7. The predicted octanol–water partition coefficient (Wildman–Crippen LogP) is 3.67. The molecule has 1 N–H and O–H groups in total. The second kappa shape index (κ2) is 5.90. The molecule has 0 bridgehead atoms. The summed E-state index contributed by atoms with van der Waals surface area (Å²) in [4.78, 5) is 0. The van der Waals surface area contributed by atoms with E-state index in [1.807, 2.05) is 30.3 Å². The summed E-state index contributed by atoms with van der Waals surface area (Å²) in [6, 6.07) is 11.4. The first-order valence-electron chi connectivity index (χ1n) is 7.29. The van der Waals surface area contributed by atoms with E-state index in [2.05, 4.69) is 12.2 Å². The highest BCUT2D eigenvalue weighted by atomic mass is 19.1. The molecule has 0 aliphatic carbocycles. The van der Waals surface area contributed by atoms with Crippen LogP contribution < -0.4 is 5.32 Å². The summed E-state index contributed by atoms with van der Waals surface area (Å²) in [7, 11) is 0. The topological polar surface area (TPSA) is 21.3 Å². The van der Waals surface area contributed by atoms with Crippen LogP contribution in [-0.4, -0.2) is 19.8 Å². The Morgan fingerprint density at radius 2 is 2.05 bits per heavy atom. The summed E-state index contributed by atoms with van der Waals surface area (Å²) in [6.45, 7) is 4.61. The van der Waals surface area contributed by atoms with Gasteiger partial charge in [-0.15, -0.1) is 0 Å². The molecule has 0 spiro atoms. The van der Waals surface area contributed by atoms with Crippen molar-refractivity contribution >= 4 is 10.8 Å². The molecule has 1 aliphatic rings. The van der Waals surface area contributed by atoms with Crippen LogP contribution in [0.2, 0.25) is 0 Å². The molecule has 3 rings (SSSR count). The lowest BCUT2D eigenvalue weighted by Gasteiger charge is -2.25. The third-order valence-corrected chi connectivity index (χ3v) is 4.10. The molecule has 2 aromatic rings. The summed E-state index contributed by atoms with van der Waals surface area (Å²) in [6.07, 6.45) is 1.06. The molecular formula is C17H20FNO. The number of ether oxygens (including phenoxy) is 1. The highest BCUT2D eigenvalue weighted by Gasteiger charge is 2.27. The third kappa shape index (κ3) is 2.43. The Labute approximate surface area is 118 Å². The number of fused-ring (bicyclic) bond motifs is 1.